The minimum absolute atomic E-state index is 0.0660. The molecule has 0 spiro atoms. The van der Waals surface area contributed by atoms with E-state index in [1.807, 2.05) is 0 Å². The van der Waals surface area contributed by atoms with Gasteiger partial charge in [-0.05, 0) is 31.1 Å². The van der Waals surface area contributed by atoms with E-state index in [1.54, 1.807) is 0 Å². The number of hydrogen-bond acceptors (Lipinski definition) is 6. The van der Waals surface area contributed by atoms with E-state index < -0.39 is 6.10 Å². The Labute approximate surface area is 317 Å². The van der Waals surface area contributed by atoms with Crippen LogP contribution >= 0.6 is 0 Å². The highest BCUT2D eigenvalue weighted by Gasteiger charge is 2.19. The van der Waals surface area contributed by atoms with Crippen LogP contribution in [0, 0.1) is 11.8 Å². The Morgan fingerprint density at radius 3 is 0.961 bits per heavy atom. The van der Waals surface area contributed by atoms with E-state index in [9.17, 15) is 14.4 Å². The molecule has 0 bridgehead atoms. The SMILES string of the molecule is CCCCCCCCCCCCCCC(=O)O[C@H](COC(=O)CCCCCCCCCCCC(C)C)COC(=O)CCCCCCCCC(C)C. The van der Waals surface area contributed by atoms with E-state index in [2.05, 4.69) is 34.6 Å². The van der Waals surface area contributed by atoms with Crippen molar-refractivity contribution in [1.29, 1.82) is 0 Å². The largest absolute Gasteiger partial charge is 0.462 e. The van der Waals surface area contributed by atoms with Gasteiger partial charge in [-0.25, -0.2) is 0 Å². The number of rotatable bonds is 39. The Morgan fingerprint density at radius 2 is 0.647 bits per heavy atom. The second kappa shape index (κ2) is 38.1. The predicted octanol–water partition coefficient (Wildman–Crippen LogP) is 13.8. The maximum atomic E-state index is 12.7. The fourth-order valence-electron chi connectivity index (χ4n) is 6.58. The van der Waals surface area contributed by atoms with Crippen LogP contribution in [-0.4, -0.2) is 37.2 Å². The lowest BCUT2D eigenvalue weighted by molar-refractivity contribution is -0.167. The summed E-state index contributed by atoms with van der Waals surface area (Å²) in [7, 11) is 0. The number of carbonyl (C=O) groups excluding carboxylic acids is 3. The Bertz CT molecular complexity index is 779. The molecule has 1 atom stereocenters. The van der Waals surface area contributed by atoms with E-state index in [1.165, 1.54) is 128 Å². The van der Waals surface area contributed by atoms with Crippen LogP contribution in [0.1, 0.15) is 240 Å². The van der Waals surface area contributed by atoms with Crippen LogP contribution in [-0.2, 0) is 28.6 Å². The molecule has 0 aromatic carbocycles. The van der Waals surface area contributed by atoms with Gasteiger partial charge in [0.25, 0.3) is 0 Å². The van der Waals surface area contributed by atoms with Crippen LogP contribution in [0.3, 0.4) is 0 Å². The molecule has 0 unspecified atom stereocenters. The molecule has 6 nitrogen and oxygen atoms in total. The van der Waals surface area contributed by atoms with Crippen LogP contribution < -0.4 is 0 Å². The summed E-state index contributed by atoms with van der Waals surface area (Å²) in [5.41, 5.74) is 0. The molecule has 0 aliphatic rings. The first kappa shape index (κ1) is 49.4. The fraction of sp³-hybridized carbons (Fsp3) is 0.933. The smallest absolute Gasteiger partial charge is 0.306 e. The Morgan fingerprint density at radius 1 is 0.373 bits per heavy atom. The molecule has 0 aromatic heterocycles. The molecule has 302 valence electrons. The Balaban J connectivity index is 4.34. The van der Waals surface area contributed by atoms with Gasteiger partial charge in [0, 0.05) is 19.3 Å². The molecule has 0 rings (SSSR count). The number of esters is 3. The molecule has 0 fully saturated rings. The summed E-state index contributed by atoms with van der Waals surface area (Å²) in [6, 6.07) is 0. The quantitative estimate of drug-likeness (QED) is 0.0357. The molecule has 0 radical (unpaired) electrons. The first-order valence-electron chi connectivity index (χ1n) is 22.2. The van der Waals surface area contributed by atoms with Gasteiger partial charge >= 0.3 is 17.9 Å². The molecule has 0 amide bonds. The summed E-state index contributed by atoms with van der Waals surface area (Å²) in [4.78, 5) is 37.6. The average molecular weight is 723 g/mol. The topological polar surface area (TPSA) is 78.9 Å². The van der Waals surface area contributed by atoms with Crippen LogP contribution in [0.2, 0.25) is 0 Å². The summed E-state index contributed by atoms with van der Waals surface area (Å²) < 4.78 is 16.7. The van der Waals surface area contributed by atoms with Gasteiger partial charge in [-0.2, -0.15) is 0 Å². The van der Waals surface area contributed by atoms with E-state index in [-0.39, 0.29) is 31.1 Å². The predicted molar refractivity (Wildman–Crippen MR) is 215 cm³/mol. The summed E-state index contributed by atoms with van der Waals surface area (Å²) in [5, 5.41) is 0. The monoisotopic (exact) mass is 723 g/mol. The molecule has 0 aliphatic carbocycles. The lowest BCUT2D eigenvalue weighted by Crippen LogP contribution is -2.30. The maximum Gasteiger partial charge on any atom is 0.306 e. The van der Waals surface area contributed by atoms with Gasteiger partial charge in [0.1, 0.15) is 13.2 Å². The Kier molecular flexibility index (Phi) is 37.0. The Hall–Kier alpha value is -1.59. The highest BCUT2D eigenvalue weighted by Crippen LogP contribution is 2.16. The van der Waals surface area contributed by atoms with Crippen LogP contribution in [0.4, 0.5) is 0 Å². The van der Waals surface area contributed by atoms with Crippen LogP contribution in [0.25, 0.3) is 0 Å². The molecular formula is C45H86O6. The van der Waals surface area contributed by atoms with Gasteiger partial charge in [0.2, 0.25) is 0 Å². The number of ether oxygens (including phenoxy) is 3. The second-order valence-electron chi connectivity index (χ2n) is 16.3. The van der Waals surface area contributed by atoms with Gasteiger partial charge in [0.15, 0.2) is 6.10 Å². The van der Waals surface area contributed by atoms with Crippen molar-refractivity contribution >= 4 is 17.9 Å². The third kappa shape index (κ3) is 39.5. The lowest BCUT2D eigenvalue weighted by Gasteiger charge is -2.18. The number of carbonyl (C=O) groups is 3. The zero-order valence-corrected chi connectivity index (χ0v) is 34.7. The van der Waals surface area contributed by atoms with Gasteiger partial charge < -0.3 is 14.2 Å². The average Bonchev–Trinajstić information content (AvgIpc) is 3.09. The molecule has 0 saturated carbocycles. The number of unbranched alkanes of at least 4 members (excludes halogenated alkanes) is 24. The summed E-state index contributed by atoms with van der Waals surface area (Å²) in [6.07, 6.45) is 35.3. The second-order valence-corrected chi connectivity index (χ2v) is 16.3. The zero-order chi connectivity index (χ0) is 37.6. The summed E-state index contributed by atoms with van der Waals surface area (Å²) in [6.45, 7) is 11.2. The molecule has 0 aliphatic heterocycles. The lowest BCUT2D eigenvalue weighted by atomic mass is 10.0. The highest BCUT2D eigenvalue weighted by molar-refractivity contribution is 5.71. The van der Waals surface area contributed by atoms with Crippen LogP contribution in [0.15, 0.2) is 0 Å². The molecule has 0 saturated heterocycles. The fourth-order valence-corrected chi connectivity index (χ4v) is 6.58. The standard InChI is InChI=1S/C45H86O6/c1-6-7-8-9-10-11-12-13-16-20-27-32-37-45(48)51-42(39-50-44(47)36-31-26-22-21-24-29-34-41(4)5)38-49-43(46)35-30-25-19-17-14-15-18-23-28-33-40(2)3/h40-42H,6-39H2,1-5H3/t42-/m1/s1. The van der Waals surface area contributed by atoms with Crippen molar-refractivity contribution in [2.24, 2.45) is 11.8 Å². The first-order chi connectivity index (χ1) is 24.7. The van der Waals surface area contributed by atoms with Crippen molar-refractivity contribution in [3.63, 3.8) is 0 Å². The molecular weight excluding hydrogens is 636 g/mol. The van der Waals surface area contributed by atoms with Gasteiger partial charge in [-0.1, -0.05) is 202 Å². The highest BCUT2D eigenvalue weighted by atomic mass is 16.6. The zero-order valence-electron chi connectivity index (χ0n) is 34.7. The van der Waals surface area contributed by atoms with Crippen molar-refractivity contribution in [2.75, 3.05) is 13.2 Å². The molecule has 0 aromatic rings. The molecule has 0 N–H and O–H groups in total. The molecule has 51 heavy (non-hydrogen) atoms. The van der Waals surface area contributed by atoms with Gasteiger partial charge in [-0.3, -0.25) is 14.4 Å². The molecule has 0 heterocycles. The summed E-state index contributed by atoms with van der Waals surface area (Å²) >= 11 is 0. The van der Waals surface area contributed by atoms with Gasteiger partial charge in [-0.15, -0.1) is 0 Å². The minimum Gasteiger partial charge on any atom is -0.462 e. The van der Waals surface area contributed by atoms with E-state index >= 15 is 0 Å². The third-order valence-corrected chi connectivity index (χ3v) is 9.97. The van der Waals surface area contributed by atoms with Crippen molar-refractivity contribution < 1.29 is 28.6 Å². The first-order valence-corrected chi connectivity index (χ1v) is 22.2. The normalized spacial score (nSPS) is 12.1. The van der Waals surface area contributed by atoms with Crippen molar-refractivity contribution in [3.8, 4) is 0 Å². The van der Waals surface area contributed by atoms with Crippen molar-refractivity contribution in [1.82, 2.24) is 0 Å². The summed E-state index contributed by atoms with van der Waals surface area (Å²) in [5.74, 6) is 0.708. The van der Waals surface area contributed by atoms with Crippen molar-refractivity contribution in [3.05, 3.63) is 0 Å². The molecule has 6 heteroatoms. The van der Waals surface area contributed by atoms with E-state index in [0.717, 1.165) is 69.6 Å². The minimum atomic E-state index is -0.760. The third-order valence-electron chi connectivity index (χ3n) is 9.97. The van der Waals surface area contributed by atoms with Crippen molar-refractivity contribution in [2.45, 2.75) is 246 Å². The maximum absolute atomic E-state index is 12.7. The van der Waals surface area contributed by atoms with Crippen LogP contribution in [0.5, 0.6) is 0 Å². The number of hydrogen-bond donors (Lipinski definition) is 0. The van der Waals surface area contributed by atoms with Gasteiger partial charge in [0.05, 0.1) is 0 Å². The van der Waals surface area contributed by atoms with E-state index in [0.29, 0.717) is 19.3 Å². The van der Waals surface area contributed by atoms with E-state index in [4.69, 9.17) is 14.2 Å².